The van der Waals surface area contributed by atoms with Crippen molar-refractivity contribution in [2.45, 2.75) is 19.5 Å². The van der Waals surface area contributed by atoms with E-state index < -0.39 is 6.04 Å². The summed E-state index contributed by atoms with van der Waals surface area (Å²) in [7, 11) is 1.68. The Balaban J connectivity index is 2.81. The van der Waals surface area contributed by atoms with Crippen LogP contribution in [0.1, 0.15) is 12.5 Å². The summed E-state index contributed by atoms with van der Waals surface area (Å²) in [6.45, 7) is 2.05. The second-order valence-electron chi connectivity index (χ2n) is 3.70. The van der Waals surface area contributed by atoms with Gasteiger partial charge in [-0.3, -0.25) is 4.79 Å². The highest BCUT2D eigenvalue weighted by atomic mass is 35.5. The molecule has 16 heavy (non-hydrogen) atoms. The first-order chi connectivity index (χ1) is 7.43. The first-order valence-electron chi connectivity index (χ1n) is 4.87. The van der Waals surface area contributed by atoms with Crippen LogP contribution in [0.5, 0.6) is 0 Å². The van der Waals surface area contributed by atoms with Crippen molar-refractivity contribution in [3.63, 3.8) is 0 Å². The van der Waals surface area contributed by atoms with Gasteiger partial charge in [-0.25, -0.2) is 0 Å². The number of nitrogens with zero attached hydrogens (tertiary/aromatic N) is 1. The molecule has 0 aliphatic carbocycles. The summed E-state index contributed by atoms with van der Waals surface area (Å²) < 4.78 is 0. The monoisotopic (exact) mass is 260 g/mol. The maximum atomic E-state index is 11.6. The number of benzene rings is 1. The highest BCUT2D eigenvalue weighted by Gasteiger charge is 2.15. The van der Waals surface area contributed by atoms with Crippen LogP contribution in [0.4, 0.5) is 0 Å². The molecule has 1 aromatic carbocycles. The number of carbonyl (C=O) groups is 1. The van der Waals surface area contributed by atoms with Gasteiger partial charge in [0.15, 0.2) is 0 Å². The lowest BCUT2D eigenvalue weighted by Gasteiger charge is -2.20. The van der Waals surface area contributed by atoms with E-state index in [1.807, 2.05) is 6.07 Å². The summed E-state index contributed by atoms with van der Waals surface area (Å²) in [6, 6.07) is 4.83. The lowest BCUT2D eigenvalue weighted by Crippen LogP contribution is -2.39. The van der Waals surface area contributed by atoms with Gasteiger partial charge >= 0.3 is 0 Å². The third kappa shape index (κ3) is 3.11. The van der Waals surface area contributed by atoms with E-state index in [1.54, 1.807) is 26.1 Å². The highest BCUT2D eigenvalue weighted by Crippen LogP contribution is 2.26. The molecule has 0 saturated heterocycles. The zero-order chi connectivity index (χ0) is 12.3. The summed E-state index contributed by atoms with van der Waals surface area (Å²) in [5.74, 6) is -0.129. The van der Waals surface area contributed by atoms with Crippen LogP contribution in [-0.4, -0.2) is 23.9 Å². The SMILES string of the molecule is C[C@@H](N)C(=O)N(C)Cc1cccc(Cl)c1Cl. The average molecular weight is 261 g/mol. The Bertz CT molecular complexity index is 394. The number of rotatable bonds is 3. The van der Waals surface area contributed by atoms with Crippen molar-refractivity contribution in [2.75, 3.05) is 7.05 Å². The number of carbonyl (C=O) groups excluding carboxylic acids is 1. The third-order valence-corrected chi connectivity index (χ3v) is 3.06. The van der Waals surface area contributed by atoms with Crippen molar-refractivity contribution in [3.05, 3.63) is 33.8 Å². The van der Waals surface area contributed by atoms with Gasteiger partial charge in [-0.15, -0.1) is 0 Å². The standard InChI is InChI=1S/C11H14Cl2N2O/c1-7(14)11(16)15(2)6-8-4-3-5-9(12)10(8)13/h3-5,7H,6,14H2,1-2H3/t7-/m1/s1. The third-order valence-electron chi connectivity index (χ3n) is 2.20. The Morgan fingerprint density at radius 1 is 1.50 bits per heavy atom. The molecule has 0 saturated carbocycles. The fourth-order valence-electron chi connectivity index (χ4n) is 1.35. The number of nitrogens with two attached hydrogens (primary N) is 1. The molecule has 0 aliphatic rings. The van der Waals surface area contributed by atoms with E-state index in [2.05, 4.69) is 0 Å². The zero-order valence-corrected chi connectivity index (χ0v) is 10.7. The molecule has 0 radical (unpaired) electrons. The van der Waals surface area contributed by atoms with E-state index in [1.165, 1.54) is 4.90 Å². The maximum Gasteiger partial charge on any atom is 0.239 e. The summed E-state index contributed by atoms with van der Waals surface area (Å²) in [6.07, 6.45) is 0. The van der Waals surface area contributed by atoms with Gasteiger partial charge in [0.1, 0.15) is 0 Å². The van der Waals surface area contributed by atoms with Gasteiger partial charge < -0.3 is 10.6 Å². The molecule has 1 rings (SSSR count). The van der Waals surface area contributed by atoms with Crippen LogP contribution < -0.4 is 5.73 Å². The number of hydrogen-bond acceptors (Lipinski definition) is 2. The Labute approximate surface area is 105 Å². The Hall–Kier alpha value is -0.770. The van der Waals surface area contributed by atoms with Crippen LogP contribution in [0.2, 0.25) is 10.0 Å². The van der Waals surface area contributed by atoms with Crippen LogP contribution in [0.15, 0.2) is 18.2 Å². The molecule has 0 spiro atoms. The van der Waals surface area contributed by atoms with Crippen molar-refractivity contribution in [2.24, 2.45) is 5.73 Å². The summed E-state index contributed by atoms with van der Waals surface area (Å²) in [5.41, 5.74) is 6.32. The number of halogens is 2. The molecule has 0 bridgehead atoms. The van der Waals surface area contributed by atoms with Crippen molar-refractivity contribution in [3.8, 4) is 0 Å². The Morgan fingerprint density at radius 2 is 2.12 bits per heavy atom. The van der Waals surface area contributed by atoms with Gasteiger partial charge in [0.05, 0.1) is 16.1 Å². The molecule has 0 fully saturated rings. The summed E-state index contributed by atoms with van der Waals surface area (Å²) in [4.78, 5) is 13.1. The maximum absolute atomic E-state index is 11.6. The van der Waals surface area contributed by atoms with Crippen LogP contribution in [-0.2, 0) is 11.3 Å². The molecule has 2 N–H and O–H groups in total. The summed E-state index contributed by atoms with van der Waals surface area (Å²) in [5, 5.41) is 0.967. The van der Waals surface area contributed by atoms with E-state index in [0.717, 1.165) is 5.56 Å². The molecule has 0 aliphatic heterocycles. The van der Waals surface area contributed by atoms with E-state index >= 15 is 0 Å². The summed E-state index contributed by atoms with van der Waals surface area (Å²) >= 11 is 11.9. The molecule has 1 aromatic rings. The number of hydrogen-bond donors (Lipinski definition) is 1. The minimum atomic E-state index is -0.511. The smallest absolute Gasteiger partial charge is 0.239 e. The fourth-order valence-corrected chi connectivity index (χ4v) is 1.73. The normalized spacial score (nSPS) is 12.3. The number of likely N-dealkylation sites (N-methyl/N-ethyl adjacent to an activating group) is 1. The molecule has 0 unspecified atom stereocenters. The van der Waals surface area contributed by atoms with Crippen molar-refractivity contribution in [1.82, 2.24) is 4.90 Å². The Kier molecular flexibility index (Phi) is 4.59. The van der Waals surface area contributed by atoms with Crippen LogP contribution in [0, 0.1) is 0 Å². The molecular weight excluding hydrogens is 247 g/mol. The molecule has 3 nitrogen and oxygen atoms in total. The molecule has 88 valence electrons. The van der Waals surface area contributed by atoms with Crippen molar-refractivity contribution < 1.29 is 4.79 Å². The molecule has 0 aromatic heterocycles. The predicted octanol–water partition coefficient (Wildman–Crippen LogP) is 2.30. The second kappa shape index (κ2) is 5.53. The average Bonchev–Trinajstić information content (AvgIpc) is 2.23. The van der Waals surface area contributed by atoms with Gasteiger partial charge in [0.2, 0.25) is 5.91 Å². The minimum Gasteiger partial charge on any atom is -0.340 e. The molecular formula is C11H14Cl2N2O. The van der Waals surface area contributed by atoms with Gasteiger partial charge in [0.25, 0.3) is 0 Å². The zero-order valence-electron chi connectivity index (χ0n) is 9.21. The van der Waals surface area contributed by atoms with Crippen LogP contribution in [0.3, 0.4) is 0 Å². The molecule has 1 atom stereocenters. The lowest BCUT2D eigenvalue weighted by molar-refractivity contribution is -0.131. The van der Waals surface area contributed by atoms with Gasteiger partial charge in [-0.05, 0) is 18.6 Å². The Morgan fingerprint density at radius 3 is 2.69 bits per heavy atom. The topological polar surface area (TPSA) is 46.3 Å². The van der Waals surface area contributed by atoms with Crippen LogP contribution >= 0.6 is 23.2 Å². The van der Waals surface area contributed by atoms with E-state index in [-0.39, 0.29) is 5.91 Å². The predicted molar refractivity (Wildman–Crippen MR) is 66.6 cm³/mol. The highest BCUT2D eigenvalue weighted by molar-refractivity contribution is 6.42. The quantitative estimate of drug-likeness (QED) is 0.907. The second-order valence-corrected chi connectivity index (χ2v) is 4.48. The fraction of sp³-hybridized carbons (Fsp3) is 0.364. The first-order valence-corrected chi connectivity index (χ1v) is 5.62. The largest absolute Gasteiger partial charge is 0.340 e. The van der Waals surface area contributed by atoms with Crippen LogP contribution in [0.25, 0.3) is 0 Å². The molecule has 1 amide bonds. The van der Waals surface area contributed by atoms with Gasteiger partial charge in [-0.1, -0.05) is 35.3 Å². The van der Waals surface area contributed by atoms with Crippen molar-refractivity contribution >= 4 is 29.1 Å². The molecule has 5 heteroatoms. The van der Waals surface area contributed by atoms with E-state index in [4.69, 9.17) is 28.9 Å². The van der Waals surface area contributed by atoms with Gasteiger partial charge in [0, 0.05) is 13.6 Å². The van der Waals surface area contributed by atoms with E-state index in [9.17, 15) is 4.79 Å². The van der Waals surface area contributed by atoms with Crippen molar-refractivity contribution in [1.29, 1.82) is 0 Å². The van der Waals surface area contributed by atoms with Gasteiger partial charge in [-0.2, -0.15) is 0 Å². The molecule has 0 heterocycles. The lowest BCUT2D eigenvalue weighted by atomic mass is 10.2. The minimum absolute atomic E-state index is 0.129. The van der Waals surface area contributed by atoms with E-state index in [0.29, 0.717) is 16.6 Å². The first kappa shape index (κ1) is 13.3. The number of amides is 1.